The van der Waals surface area contributed by atoms with Crippen molar-refractivity contribution in [2.75, 3.05) is 18.8 Å². The zero-order valence-electron chi connectivity index (χ0n) is 20.6. The van der Waals surface area contributed by atoms with Gasteiger partial charge in [-0.3, -0.25) is 9.59 Å². The Hall–Kier alpha value is -3.60. The third kappa shape index (κ3) is 3.66. The number of nitrogen functional groups attached to an aromatic ring is 1. The van der Waals surface area contributed by atoms with Crippen LogP contribution in [-0.2, 0) is 15.1 Å². The monoisotopic (exact) mass is 531 g/mol. The Morgan fingerprint density at radius 3 is 2.63 bits per heavy atom. The number of anilines is 1. The maximum atomic E-state index is 14.0. The van der Waals surface area contributed by atoms with Gasteiger partial charge in [0, 0.05) is 35.6 Å². The summed E-state index contributed by atoms with van der Waals surface area (Å²) in [4.78, 5) is 41.0. The van der Waals surface area contributed by atoms with Crippen LogP contribution >= 0.6 is 11.8 Å². The van der Waals surface area contributed by atoms with Crippen molar-refractivity contribution in [1.82, 2.24) is 10.2 Å². The fourth-order valence-corrected chi connectivity index (χ4v) is 7.66. The molecule has 9 nitrogen and oxygen atoms in total. The Bertz CT molecular complexity index is 1500. The minimum absolute atomic E-state index is 0.225. The third-order valence-electron chi connectivity index (χ3n) is 8.14. The van der Waals surface area contributed by atoms with Crippen molar-refractivity contribution in [3.05, 3.63) is 71.3 Å². The maximum absolute atomic E-state index is 14.0. The number of nitrogens with two attached hydrogens (primary N) is 3. The van der Waals surface area contributed by atoms with Gasteiger partial charge in [0.25, 0.3) is 0 Å². The van der Waals surface area contributed by atoms with Gasteiger partial charge in [0.2, 0.25) is 5.91 Å². The number of nitrogens with zero attached hydrogens (tertiary/aromatic N) is 1. The molecule has 5 atom stereocenters. The van der Waals surface area contributed by atoms with E-state index in [-0.39, 0.29) is 24.3 Å². The number of Topliss-reactive ketones (excluding diaryl/α,β-unsaturated/α-hetero) is 1. The van der Waals surface area contributed by atoms with E-state index in [9.17, 15) is 19.5 Å². The molecule has 8 N–H and O–H groups in total. The summed E-state index contributed by atoms with van der Waals surface area (Å²) in [5.74, 6) is -1.23. The molecule has 2 aliphatic heterocycles. The number of benzene rings is 3. The van der Waals surface area contributed by atoms with Crippen molar-refractivity contribution in [2.24, 2.45) is 11.5 Å². The number of amides is 2. The second kappa shape index (κ2) is 9.00. The van der Waals surface area contributed by atoms with Gasteiger partial charge in [-0.1, -0.05) is 42.5 Å². The van der Waals surface area contributed by atoms with Crippen LogP contribution in [0.1, 0.15) is 35.4 Å². The first-order valence-corrected chi connectivity index (χ1v) is 13.5. The second-order valence-corrected chi connectivity index (χ2v) is 11.5. The predicted octanol–water partition coefficient (Wildman–Crippen LogP) is 2.35. The molecule has 3 aromatic carbocycles. The molecule has 1 saturated heterocycles. The van der Waals surface area contributed by atoms with E-state index in [1.165, 1.54) is 16.7 Å². The molecule has 10 heteroatoms. The molecule has 0 bridgehead atoms. The Balaban J connectivity index is 1.38. The maximum Gasteiger partial charge on any atom is 0.407 e. The van der Waals surface area contributed by atoms with Crippen LogP contribution in [0.5, 0.6) is 0 Å². The first-order chi connectivity index (χ1) is 18.2. The van der Waals surface area contributed by atoms with Gasteiger partial charge in [0.05, 0.1) is 11.3 Å². The van der Waals surface area contributed by atoms with E-state index in [2.05, 4.69) is 5.32 Å². The fourth-order valence-electron chi connectivity index (χ4n) is 6.20. The summed E-state index contributed by atoms with van der Waals surface area (Å²) in [5.41, 5.74) is 21.0. The zero-order chi connectivity index (χ0) is 26.8. The van der Waals surface area contributed by atoms with Gasteiger partial charge >= 0.3 is 6.09 Å². The fraction of sp³-hybridized carbons (Fsp3) is 0.321. The summed E-state index contributed by atoms with van der Waals surface area (Å²) in [6, 6.07) is 15.8. The van der Waals surface area contributed by atoms with E-state index in [1.807, 2.05) is 42.5 Å². The molecule has 0 saturated carbocycles. The standard InChI is InChI=1S/C28H29N5O4S/c29-19-10-9-18-20-21(24(38-23(19)20)26(35)32-17-6-3-11-33(13-17)27(36)37)22(30)25(34)28(18,31)16-8-7-14-4-1-2-5-15(14)12-16/h1-2,4-5,7-10,12,17,21-22,24H,3,6,11,13,29-31H2,(H,32,35)(H,36,37). The second-order valence-electron chi connectivity index (χ2n) is 10.3. The minimum atomic E-state index is -1.49. The summed E-state index contributed by atoms with van der Waals surface area (Å²) in [6.45, 7) is 0.670. The van der Waals surface area contributed by atoms with Gasteiger partial charge in [-0.15, -0.1) is 11.8 Å². The Labute approximate surface area is 223 Å². The highest BCUT2D eigenvalue weighted by molar-refractivity contribution is 8.01. The zero-order valence-corrected chi connectivity index (χ0v) is 21.4. The lowest BCUT2D eigenvalue weighted by Gasteiger charge is -2.41. The van der Waals surface area contributed by atoms with Crippen LogP contribution in [0.2, 0.25) is 0 Å². The van der Waals surface area contributed by atoms with E-state index in [1.54, 1.807) is 12.1 Å². The van der Waals surface area contributed by atoms with E-state index in [0.29, 0.717) is 36.2 Å². The van der Waals surface area contributed by atoms with E-state index in [4.69, 9.17) is 17.2 Å². The molecule has 6 rings (SSSR count). The van der Waals surface area contributed by atoms with Crippen LogP contribution in [0.15, 0.2) is 59.5 Å². The molecular weight excluding hydrogens is 502 g/mol. The van der Waals surface area contributed by atoms with Gasteiger partial charge in [-0.25, -0.2) is 4.79 Å². The number of thioether (sulfide) groups is 1. The number of nitrogens with one attached hydrogen (secondary N) is 1. The molecule has 38 heavy (non-hydrogen) atoms. The van der Waals surface area contributed by atoms with Crippen molar-refractivity contribution in [2.45, 2.75) is 46.5 Å². The van der Waals surface area contributed by atoms with E-state index >= 15 is 0 Å². The number of carbonyl (C=O) groups is 3. The molecule has 3 aliphatic rings. The number of piperidine rings is 1. The lowest BCUT2D eigenvalue weighted by atomic mass is 9.65. The Kier molecular flexibility index (Phi) is 5.86. The lowest BCUT2D eigenvalue weighted by Crippen LogP contribution is -2.61. The number of carboxylic acid groups (broad SMARTS) is 1. The smallest absolute Gasteiger partial charge is 0.407 e. The number of likely N-dealkylation sites (tertiary alicyclic amines) is 1. The first kappa shape index (κ1) is 24.7. The van der Waals surface area contributed by atoms with Gasteiger partial charge in [-0.05, 0) is 52.4 Å². The number of hydrogen-bond donors (Lipinski definition) is 5. The molecule has 1 fully saturated rings. The molecule has 2 amide bonds. The topological polar surface area (TPSA) is 165 Å². The molecule has 5 unspecified atom stereocenters. The van der Waals surface area contributed by atoms with Gasteiger partial charge in [0.15, 0.2) is 5.78 Å². The van der Waals surface area contributed by atoms with Crippen molar-refractivity contribution in [1.29, 1.82) is 0 Å². The van der Waals surface area contributed by atoms with Crippen LogP contribution in [0.25, 0.3) is 10.8 Å². The highest BCUT2D eigenvalue weighted by atomic mass is 32.2. The quantitative estimate of drug-likeness (QED) is 0.321. The lowest BCUT2D eigenvalue weighted by molar-refractivity contribution is -0.126. The van der Waals surface area contributed by atoms with Crippen LogP contribution in [0, 0.1) is 0 Å². The summed E-state index contributed by atoms with van der Waals surface area (Å²) in [6.07, 6.45) is 0.336. The number of fused-ring (bicyclic) bond motifs is 1. The number of hydrogen-bond acceptors (Lipinski definition) is 7. The molecule has 2 heterocycles. The SMILES string of the molecule is Nc1ccc2c3c1SC(C(=O)NC1CCCN(C(=O)O)C1)C3C(N)C(=O)C2(N)c1ccc2ccccc2c1. The molecule has 3 aromatic rings. The van der Waals surface area contributed by atoms with Gasteiger partial charge in [0.1, 0.15) is 5.54 Å². The van der Waals surface area contributed by atoms with Crippen LogP contribution in [0.3, 0.4) is 0 Å². The van der Waals surface area contributed by atoms with Crippen molar-refractivity contribution in [3.63, 3.8) is 0 Å². The summed E-state index contributed by atoms with van der Waals surface area (Å²) < 4.78 is 0. The highest BCUT2D eigenvalue weighted by Gasteiger charge is 2.56. The molecular formula is C28H29N5O4S. The summed E-state index contributed by atoms with van der Waals surface area (Å²) in [5, 5.41) is 13.7. The largest absolute Gasteiger partial charge is 0.465 e. The number of ketones is 1. The molecule has 0 spiro atoms. The van der Waals surface area contributed by atoms with Gasteiger partial charge < -0.3 is 32.5 Å². The highest BCUT2D eigenvalue weighted by Crippen LogP contribution is 2.56. The number of rotatable bonds is 3. The number of carbonyl (C=O) groups excluding carboxylic acids is 2. The average Bonchev–Trinajstić information content (AvgIpc) is 3.33. The molecule has 196 valence electrons. The van der Waals surface area contributed by atoms with Crippen molar-refractivity contribution in [3.8, 4) is 0 Å². The Morgan fingerprint density at radius 1 is 1.11 bits per heavy atom. The normalized spacial score (nSPS) is 28.3. The summed E-state index contributed by atoms with van der Waals surface area (Å²) >= 11 is 1.30. The van der Waals surface area contributed by atoms with Crippen LogP contribution < -0.4 is 22.5 Å². The van der Waals surface area contributed by atoms with Crippen molar-refractivity contribution >= 4 is 46.0 Å². The molecule has 0 radical (unpaired) electrons. The molecule has 0 aromatic heterocycles. The predicted molar refractivity (Wildman–Crippen MR) is 146 cm³/mol. The van der Waals surface area contributed by atoms with Gasteiger partial charge in [-0.2, -0.15) is 0 Å². The average molecular weight is 532 g/mol. The Morgan fingerprint density at radius 2 is 1.87 bits per heavy atom. The summed E-state index contributed by atoms with van der Waals surface area (Å²) in [7, 11) is 0. The minimum Gasteiger partial charge on any atom is -0.465 e. The van der Waals surface area contributed by atoms with E-state index in [0.717, 1.165) is 21.2 Å². The first-order valence-electron chi connectivity index (χ1n) is 12.7. The van der Waals surface area contributed by atoms with Crippen molar-refractivity contribution < 1.29 is 19.5 Å². The van der Waals surface area contributed by atoms with E-state index < -0.39 is 28.8 Å². The molecule has 1 aliphatic carbocycles. The van der Waals surface area contributed by atoms with Crippen LogP contribution in [0.4, 0.5) is 10.5 Å². The van der Waals surface area contributed by atoms with Crippen LogP contribution in [-0.4, -0.2) is 58.2 Å². The third-order valence-corrected chi connectivity index (χ3v) is 9.59.